The second kappa shape index (κ2) is 8.69. The van der Waals surface area contributed by atoms with Crippen LogP contribution in [-0.2, 0) is 9.47 Å². The molecule has 0 atom stereocenters. The van der Waals surface area contributed by atoms with E-state index in [4.69, 9.17) is 9.47 Å². The standard InChI is InChI=1S/C16H18O4/c1-3-5-11-19-15(17)13-9-7-8-10-14(13)16(18)20-12-6-4-2/h3-10H,11-12H2,1-2H3/b5-3+,6-4+. The van der Waals surface area contributed by atoms with E-state index >= 15 is 0 Å². The lowest BCUT2D eigenvalue weighted by Crippen LogP contribution is -2.14. The van der Waals surface area contributed by atoms with E-state index in [-0.39, 0.29) is 24.3 Å². The van der Waals surface area contributed by atoms with Crippen LogP contribution in [-0.4, -0.2) is 25.2 Å². The van der Waals surface area contributed by atoms with Crippen LogP contribution in [0.1, 0.15) is 34.6 Å². The summed E-state index contributed by atoms with van der Waals surface area (Å²) in [5.74, 6) is -1.08. The van der Waals surface area contributed by atoms with E-state index in [0.717, 1.165) is 0 Å². The molecule has 0 heterocycles. The normalized spacial score (nSPS) is 10.9. The van der Waals surface area contributed by atoms with Gasteiger partial charge in [0.2, 0.25) is 0 Å². The van der Waals surface area contributed by atoms with Crippen LogP contribution in [0.15, 0.2) is 48.6 Å². The van der Waals surface area contributed by atoms with E-state index in [9.17, 15) is 9.59 Å². The minimum Gasteiger partial charge on any atom is -0.458 e. The Labute approximate surface area is 118 Å². The van der Waals surface area contributed by atoms with Gasteiger partial charge in [-0.1, -0.05) is 36.4 Å². The summed E-state index contributed by atoms with van der Waals surface area (Å²) in [7, 11) is 0. The lowest BCUT2D eigenvalue weighted by molar-refractivity contribution is 0.0502. The zero-order valence-electron chi connectivity index (χ0n) is 11.7. The van der Waals surface area contributed by atoms with Crippen molar-refractivity contribution in [2.45, 2.75) is 13.8 Å². The molecule has 0 aliphatic heterocycles. The van der Waals surface area contributed by atoms with Crippen LogP contribution in [0.5, 0.6) is 0 Å². The molecule has 4 nitrogen and oxygen atoms in total. The molecular weight excluding hydrogens is 256 g/mol. The molecule has 1 aromatic rings. The molecule has 0 unspecified atom stereocenters. The third-order valence-corrected chi connectivity index (χ3v) is 2.46. The third kappa shape index (κ3) is 4.72. The van der Waals surface area contributed by atoms with Gasteiger partial charge in [0, 0.05) is 0 Å². The van der Waals surface area contributed by atoms with Crippen molar-refractivity contribution in [2.75, 3.05) is 13.2 Å². The number of hydrogen-bond acceptors (Lipinski definition) is 4. The van der Waals surface area contributed by atoms with Crippen LogP contribution < -0.4 is 0 Å². The minimum absolute atomic E-state index is 0.178. The van der Waals surface area contributed by atoms with Crippen LogP contribution in [0.3, 0.4) is 0 Å². The molecule has 0 amide bonds. The Morgan fingerprint density at radius 1 is 0.900 bits per heavy atom. The van der Waals surface area contributed by atoms with E-state index in [1.165, 1.54) is 0 Å². The highest BCUT2D eigenvalue weighted by molar-refractivity contribution is 6.03. The molecule has 0 spiro atoms. The van der Waals surface area contributed by atoms with Gasteiger partial charge in [-0.25, -0.2) is 9.59 Å². The molecule has 0 aliphatic carbocycles. The van der Waals surface area contributed by atoms with Gasteiger partial charge in [0.25, 0.3) is 0 Å². The van der Waals surface area contributed by atoms with Gasteiger partial charge in [-0.05, 0) is 26.0 Å². The molecule has 0 aliphatic rings. The predicted molar refractivity (Wildman–Crippen MR) is 76.6 cm³/mol. The van der Waals surface area contributed by atoms with E-state index in [0.29, 0.717) is 0 Å². The Morgan fingerprint density at radius 2 is 1.30 bits per heavy atom. The Kier molecular flexibility index (Phi) is 6.82. The molecule has 0 fully saturated rings. The summed E-state index contributed by atoms with van der Waals surface area (Å²) in [6.07, 6.45) is 6.99. The average molecular weight is 274 g/mol. The molecule has 0 N–H and O–H groups in total. The summed E-state index contributed by atoms with van der Waals surface area (Å²) in [4.78, 5) is 23.8. The van der Waals surface area contributed by atoms with Gasteiger partial charge >= 0.3 is 11.9 Å². The first-order valence-corrected chi connectivity index (χ1v) is 6.36. The number of carbonyl (C=O) groups excluding carboxylic acids is 2. The first kappa shape index (κ1) is 15.7. The lowest BCUT2D eigenvalue weighted by Gasteiger charge is -2.08. The first-order valence-electron chi connectivity index (χ1n) is 6.36. The van der Waals surface area contributed by atoms with Gasteiger partial charge in [-0.2, -0.15) is 0 Å². The average Bonchev–Trinajstić information content (AvgIpc) is 2.47. The largest absolute Gasteiger partial charge is 0.458 e. The number of rotatable bonds is 6. The van der Waals surface area contributed by atoms with E-state index < -0.39 is 11.9 Å². The monoisotopic (exact) mass is 274 g/mol. The molecule has 0 radical (unpaired) electrons. The topological polar surface area (TPSA) is 52.6 Å². The van der Waals surface area contributed by atoms with E-state index in [1.54, 1.807) is 48.6 Å². The second-order valence-electron chi connectivity index (χ2n) is 3.88. The second-order valence-corrected chi connectivity index (χ2v) is 3.88. The number of carbonyl (C=O) groups is 2. The van der Waals surface area contributed by atoms with Crippen molar-refractivity contribution < 1.29 is 19.1 Å². The fourth-order valence-electron chi connectivity index (χ4n) is 1.43. The molecular formula is C16H18O4. The van der Waals surface area contributed by atoms with Crippen molar-refractivity contribution in [3.8, 4) is 0 Å². The summed E-state index contributed by atoms with van der Waals surface area (Å²) in [6, 6.07) is 6.44. The molecule has 0 saturated carbocycles. The Morgan fingerprint density at radius 3 is 1.65 bits per heavy atom. The van der Waals surface area contributed by atoms with Crippen molar-refractivity contribution in [1.29, 1.82) is 0 Å². The van der Waals surface area contributed by atoms with Gasteiger partial charge in [0.05, 0.1) is 11.1 Å². The maximum absolute atomic E-state index is 11.9. The molecule has 0 saturated heterocycles. The fraction of sp³-hybridized carbons (Fsp3) is 0.250. The number of esters is 2. The zero-order valence-corrected chi connectivity index (χ0v) is 11.7. The van der Waals surface area contributed by atoms with Crippen LogP contribution >= 0.6 is 0 Å². The molecule has 1 rings (SSSR count). The SMILES string of the molecule is C/C=C/COC(=O)c1ccccc1C(=O)OC/C=C/C. The van der Waals surface area contributed by atoms with Crippen molar-refractivity contribution in [1.82, 2.24) is 0 Å². The molecule has 0 bridgehead atoms. The van der Waals surface area contributed by atoms with Crippen molar-refractivity contribution >= 4 is 11.9 Å². The van der Waals surface area contributed by atoms with Gasteiger partial charge in [0.15, 0.2) is 0 Å². The van der Waals surface area contributed by atoms with Crippen LogP contribution in [0.2, 0.25) is 0 Å². The van der Waals surface area contributed by atoms with Gasteiger partial charge < -0.3 is 9.47 Å². The number of ether oxygens (including phenoxy) is 2. The van der Waals surface area contributed by atoms with Crippen LogP contribution in [0.25, 0.3) is 0 Å². The zero-order chi connectivity index (χ0) is 14.8. The summed E-state index contributed by atoms with van der Waals surface area (Å²) in [5, 5.41) is 0. The van der Waals surface area contributed by atoms with E-state index in [2.05, 4.69) is 0 Å². The van der Waals surface area contributed by atoms with Gasteiger partial charge in [0.1, 0.15) is 13.2 Å². The highest BCUT2D eigenvalue weighted by Gasteiger charge is 2.18. The Bertz CT molecular complexity index is 468. The minimum atomic E-state index is -0.540. The molecule has 20 heavy (non-hydrogen) atoms. The highest BCUT2D eigenvalue weighted by Crippen LogP contribution is 2.12. The first-order chi connectivity index (χ1) is 9.70. The number of hydrogen-bond donors (Lipinski definition) is 0. The molecule has 4 heteroatoms. The van der Waals surface area contributed by atoms with Crippen molar-refractivity contribution in [2.24, 2.45) is 0 Å². The maximum atomic E-state index is 11.9. The third-order valence-electron chi connectivity index (χ3n) is 2.46. The smallest absolute Gasteiger partial charge is 0.339 e. The lowest BCUT2D eigenvalue weighted by atomic mass is 10.1. The molecule has 106 valence electrons. The fourth-order valence-corrected chi connectivity index (χ4v) is 1.43. The Hall–Kier alpha value is -2.36. The van der Waals surface area contributed by atoms with Crippen molar-refractivity contribution in [3.63, 3.8) is 0 Å². The number of allylic oxidation sites excluding steroid dienone is 2. The summed E-state index contributed by atoms with van der Waals surface area (Å²) in [5.41, 5.74) is 0.421. The number of benzene rings is 1. The van der Waals surface area contributed by atoms with Gasteiger partial charge in [-0.3, -0.25) is 0 Å². The molecule has 1 aromatic carbocycles. The molecule has 0 aromatic heterocycles. The van der Waals surface area contributed by atoms with Crippen LogP contribution in [0.4, 0.5) is 0 Å². The van der Waals surface area contributed by atoms with Crippen LogP contribution in [0, 0.1) is 0 Å². The highest BCUT2D eigenvalue weighted by atomic mass is 16.5. The summed E-state index contributed by atoms with van der Waals surface area (Å²) >= 11 is 0. The maximum Gasteiger partial charge on any atom is 0.339 e. The summed E-state index contributed by atoms with van der Waals surface area (Å²) in [6.45, 7) is 4.02. The van der Waals surface area contributed by atoms with E-state index in [1.807, 2.05) is 13.8 Å². The van der Waals surface area contributed by atoms with Crippen molar-refractivity contribution in [3.05, 3.63) is 59.7 Å². The van der Waals surface area contributed by atoms with Gasteiger partial charge in [-0.15, -0.1) is 0 Å². The predicted octanol–water partition coefficient (Wildman–Crippen LogP) is 3.15. The Balaban J connectivity index is 2.81. The summed E-state index contributed by atoms with van der Waals surface area (Å²) < 4.78 is 10.1. The quantitative estimate of drug-likeness (QED) is 0.590.